The van der Waals surface area contributed by atoms with Gasteiger partial charge in [-0.05, 0) is 59.6 Å². The van der Waals surface area contributed by atoms with Gasteiger partial charge in [0.1, 0.15) is 11.0 Å². The summed E-state index contributed by atoms with van der Waals surface area (Å²) in [5.74, 6) is 2.26. The summed E-state index contributed by atoms with van der Waals surface area (Å²) in [4.78, 5) is 8.88. The van der Waals surface area contributed by atoms with Crippen LogP contribution in [0.1, 0.15) is 58.2 Å². The van der Waals surface area contributed by atoms with Gasteiger partial charge in [0.2, 0.25) is 0 Å². The van der Waals surface area contributed by atoms with Crippen molar-refractivity contribution < 1.29 is 0 Å². The van der Waals surface area contributed by atoms with Crippen molar-refractivity contribution in [2.24, 2.45) is 11.3 Å². The Balaban J connectivity index is 2.03. The molecule has 1 saturated carbocycles. The molecule has 0 atom stereocenters. The standard InChI is InChI=1S/C14H20ClIN2/c1-14(2,3)10-6-4-9(5-7-10)13-17-8-11(16)12(15)18-13/h8-10H,4-7H2,1-3H3. The molecule has 1 fully saturated rings. The third kappa shape index (κ3) is 3.35. The van der Waals surface area contributed by atoms with E-state index in [0.29, 0.717) is 16.5 Å². The zero-order valence-corrected chi connectivity index (χ0v) is 14.1. The van der Waals surface area contributed by atoms with Crippen LogP contribution >= 0.6 is 34.2 Å². The van der Waals surface area contributed by atoms with Gasteiger partial charge in [-0.1, -0.05) is 32.4 Å². The van der Waals surface area contributed by atoms with Crippen LogP contribution < -0.4 is 0 Å². The number of nitrogens with zero attached hydrogens (tertiary/aromatic N) is 2. The minimum Gasteiger partial charge on any atom is -0.240 e. The van der Waals surface area contributed by atoms with E-state index in [1.165, 1.54) is 25.7 Å². The topological polar surface area (TPSA) is 25.8 Å². The van der Waals surface area contributed by atoms with Crippen LogP contribution in [0.15, 0.2) is 6.20 Å². The molecule has 0 bridgehead atoms. The Bertz CT molecular complexity index is 420. The van der Waals surface area contributed by atoms with Crippen LogP contribution in [0.2, 0.25) is 5.15 Å². The predicted molar refractivity (Wildman–Crippen MR) is 83.9 cm³/mol. The van der Waals surface area contributed by atoms with E-state index in [4.69, 9.17) is 11.6 Å². The molecule has 1 heterocycles. The second-order valence-corrected chi connectivity index (χ2v) is 7.80. The first kappa shape index (κ1) is 14.5. The fourth-order valence-corrected chi connectivity index (χ4v) is 3.17. The molecule has 0 saturated heterocycles. The van der Waals surface area contributed by atoms with Crippen LogP contribution in [-0.2, 0) is 0 Å². The summed E-state index contributed by atoms with van der Waals surface area (Å²) in [6, 6.07) is 0. The van der Waals surface area contributed by atoms with Gasteiger partial charge in [0.25, 0.3) is 0 Å². The van der Waals surface area contributed by atoms with E-state index < -0.39 is 0 Å². The lowest BCUT2D eigenvalue weighted by Gasteiger charge is -2.36. The van der Waals surface area contributed by atoms with E-state index in [0.717, 1.165) is 15.3 Å². The van der Waals surface area contributed by atoms with Crippen LogP contribution in [0.25, 0.3) is 0 Å². The van der Waals surface area contributed by atoms with E-state index in [1.807, 2.05) is 6.20 Å². The second kappa shape index (κ2) is 5.61. The second-order valence-electron chi connectivity index (χ2n) is 6.28. The average molecular weight is 379 g/mol. The van der Waals surface area contributed by atoms with Crippen molar-refractivity contribution in [1.29, 1.82) is 0 Å². The summed E-state index contributed by atoms with van der Waals surface area (Å²) in [7, 11) is 0. The minimum atomic E-state index is 0.426. The zero-order chi connectivity index (χ0) is 13.3. The Morgan fingerprint density at radius 3 is 2.33 bits per heavy atom. The molecule has 0 radical (unpaired) electrons. The normalized spacial score (nSPS) is 25.2. The molecule has 2 nitrogen and oxygen atoms in total. The van der Waals surface area contributed by atoms with Crippen LogP contribution in [-0.4, -0.2) is 9.97 Å². The van der Waals surface area contributed by atoms with Gasteiger partial charge in [-0.3, -0.25) is 0 Å². The maximum atomic E-state index is 6.08. The molecule has 2 rings (SSSR count). The summed E-state index contributed by atoms with van der Waals surface area (Å²) in [6.07, 6.45) is 6.78. The van der Waals surface area contributed by atoms with Crippen molar-refractivity contribution in [1.82, 2.24) is 9.97 Å². The van der Waals surface area contributed by atoms with E-state index in [2.05, 4.69) is 53.3 Å². The van der Waals surface area contributed by atoms with Crippen LogP contribution in [0.4, 0.5) is 0 Å². The molecule has 1 aromatic rings. The van der Waals surface area contributed by atoms with Gasteiger partial charge in [0.15, 0.2) is 0 Å². The number of rotatable bonds is 1. The molecule has 0 spiro atoms. The van der Waals surface area contributed by atoms with Crippen LogP contribution in [0.5, 0.6) is 0 Å². The fourth-order valence-electron chi connectivity index (χ4n) is 2.77. The van der Waals surface area contributed by atoms with Gasteiger partial charge in [-0.25, -0.2) is 9.97 Å². The summed E-state index contributed by atoms with van der Waals surface area (Å²) >= 11 is 8.24. The van der Waals surface area contributed by atoms with Crippen molar-refractivity contribution in [3.63, 3.8) is 0 Å². The van der Waals surface area contributed by atoms with Crippen LogP contribution in [0.3, 0.4) is 0 Å². The predicted octanol–water partition coefficient (Wildman–Crippen LogP) is 5.05. The van der Waals surface area contributed by atoms with E-state index in [-0.39, 0.29) is 0 Å². The number of aromatic nitrogens is 2. The Morgan fingerprint density at radius 2 is 1.83 bits per heavy atom. The molecule has 0 unspecified atom stereocenters. The molecule has 18 heavy (non-hydrogen) atoms. The summed E-state index contributed by atoms with van der Waals surface area (Å²) in [5, 5.41) is 0.596. The maximum absolute atomic E-state index is 6.08. The van der Waals surface area contributed by atoms with Crippen molar-refractivity contribution in [2.45, 2.75) is 52.4 Å². The molecule has 1 aliphatic rings. The lowest BCUT2D eigenvalue weighted by molar-refractivity contribution is 0.167. The van der Waals surface area contributed by atoms with Crippen molar-refractivity contribution in [3.8, 4) is 0 Å². The van der Waals surface area contributed by atoms with Gasteiger partial charge in [-0.15, -0.1) is 0 Å². The first-order valence-electron chi connectivity index (χ1n) is 6.56. The van der Waals surface area contributed by atoms with Gasteiger partial charge >= 0.3 is 0 Å². The fraction of sp³-hybridized carbons (Fsp3) is 0.714. The Morgan fingerprint density at radius 1 is 1.22 bits per heavy atom. The molecule has 1 aliphatic carbocycles. The van der Waals surface area contributed by atoms with E-state index >= 15 is 0 Å². The number of halogens is 2. The van der Waals surface area contributed by atoms with Crippen molar-refractivity contribution in [2.75, 3.05) is 0 Å². The summed E-state index contributed by atoms with van der Waals surface area (Å²) < 4.78 is 0.932. The largest absolute Gasteiger partial charge is 0.240 e. The highest BCUT2D eigenvalue weighted by Crippen LogP contribution is 2.42. The van der Waals surface area contributed by atoms with Crippen molar-refractivity contribution in [3.05, 3.63) is 20.7 Å². The molecular formula is C14H20ClIN2. The van der Waals surface area contributed by atoms with Crippen molar-refractivity contribution >= 4 is 34.2 Å². The molecule has 0 amide bonds. The lowest BCUT2D eigenvalue weighted by atomic mass is 9.70. The highest BCUT2D eigenvalue weighted by atomic mass is 127. The Hall–Kier alpha value is 0.1000. The van der Waals surface area contributed by atoms with Gasteiger partial charge < -0.3 is 0 Å². The monoisotopic (exact) mass is 378 g/mol. The highest BCUT2D eigenvalue weighted by molar-refractivity contribution is 14.1. The minimum absolute atomic E-state index is 0.426. The summed E-state index contributed by atoms with van der Waals surface area (Å²) in [6.45, 7) is 7.03. The molecule has 0 aromatic carbocycles. The third-order valence-corrected chi connectivity index (χ3v) is 5.43. The van der Waals surface area contributed by atoms with Crippen LogP contribution in [0, 0.1) is 14.9 Å². The highest BCUT2D eigenvalue weighted by Gasteiger charge is 2.31. The van der Waals surface area contributed by atoms with E-state index in [1.54, 1.807) is 0 Å². The SMILES string of the molecule is CC(C)(C)C1CCC(c2ncc(I)c(Cl)n2)CC1. The summed E-state index contributed by atoms with van der Waals surface area (Å²) in [5.41, 5.74) is 0.426. The van der Waals surface area contributed by atoms with Gasteiger partial charge in [0.05, 0.1) is 3.57 Å². The maximum Gasteiger partial charge on any atom is 0.146 e. The molecule has 0 N–H and O–H groups in total. The lowest BCUT2D eigenvalue weighted by Crippen LogP contribution is -2.25. The van der Waals surface area contributed by atoms with Gasteiger partial charge in [0, 0.05) is 12.1 Å². The molecule has 4 heteroatoms. The molecular weight excluding hydrogens is 359 g/mol. The third-order valence-electron chi connectivity index (χ3n) is 4.04. The Labute approximate surface area is 128 Å². The quantitative estimate of drug-likeness (QED) is 0.504. The molecule has 1 aromatic heterocycles. The first-order chi connectivity index (χ1) is 8.38. The van der Waals surface area contributed by atoms with Gasteiger partial charge in [-0.2, -0.15) is 0 Å². The Kier molecular flexibility index (Phi) is 4.52. The molecule has 0 aliphatic heterocycles. The molecule has 100 valence electrons. The smallest absolute Gasteiger partial charge is 0.146 e. The van der Waals surface area contributed by atoms with E-state index in [9.17, 15) is 0 Å². The zero-order valence-electron chi connectivity index (χ0n) is 11.2. The number of hydrogen-bond acceptors (Lipinski definition) is 2. The number of hydrogen-bond donors (Lipinski definition) is 0. The first-order valence-corrected chi connectivity index (χ1v) is 8.01. The average Bonchev–Trinajstić information content (AvgIpc) is 2.32.